The first kappa shape index (κ1) is 13.4. The summed E-state index contributed by atoms with van der Waals surface area (Å²) in [6, 6.07) is 0. The second-order valence-corrected chi connectivity index (χ2v) is 6.15. The number of hydrogen-bond acceptors (Lipinski definition) is 3. The third-order valence-corrected chi connectivity index (χ3v) is 3.22. The summed E-state index contributed by atoms with van der Waals surface area (Å²) in [5.41, 5.74) is 0. The van der Waals surface area contributed by atoms with Crippen LogP contribution in [0.3, 0.4) is 0 Å². The highest BCUT2D eigenvalue weighted by molar-refractivity contribution is 9.09. The van der Waals surface area contributed by atoms with Crippen LogP contribution in [-0.4, -0.2) is 67.6 Å². The molecule has 1 rings (SSSR count). The van der Waals surface area contributed by atoms with Crippen molar-refractivity contribution >= 4 is 15.9 Å². The molecular formula is C11H23BrN2O. The number of halogens is 1. The molecule has 0 bridgehead atoms. The van der Waals surface area contributed by atoms with Crippen LogP contribution in [0.2, 0.25) is 0 Å². The molecule has 0 aliphatic carbocycles. The Bertz CT molecular complexity index is 178. The molecule has 0 amide bonds. The molecule has 0 aromatic carbocycles. The van der Waals surface area contributed by atoms with Gasteiger partial charge in [-0.05, 0) is 27.1 Å². The Balaban J connectivity index is 2.16. The zero-order chi connectivity index (χ0) is 11.3. The van der Waals surface area contributed by atoms with Crippen LogP contribution in [0.15, 0.2) is 0 Å². The second kappa shape index (κ2) is 6.84. The fourth-order valence-electron chi connectivity index (χ4n) is 1.81. The molecule has 1 saturated heterocycles. The quantitative estimate of drug-likeness (QED) is 0.708. The highest BCUT2D eigenvalue weighted by atomic mass is 79.9. The number of morpholine rings is 1. The van der Waals surface area contributed by atoms with E-state index in [4.69, 9.17) is 4.74 Å². The predicted molar refractivity (Wildman–Crippen MR) is 67.7 cm³/mol. The summed E-state index contributed by atoms with van der Waals surface area (Å²) >= 11 is 3.57. The van der Waals surface area contributed by atoms with E-state index >= 15 is 0 Å². The van der Waals surface area contributed by atoms with E-state index in [0.717, 1.165) is 32.8 Å². The molecule has 15 heavy (non-hydrogen) atoms. The van der Waals surface area contributed by atoms with E-state index in [2.05, 4.69) is 46.7 Å². The van der Waals surface area contributed by atoms with Gasteiger partial charge in [0.25, 0.3) is 0 Å². The Kier molecular flexibility index (Phi) is 6.12. The number of rotatable bonds is 5. The second-order valence-electron chi connectivity index (χ2n) is 4.59. The average molecular weight is 279 g/mol. The van der Waals surface area contributed by atoms with Crippen molar-refractivity contribution in [2.75, 3.05) is 46.9 Å². The molecule has 0 spiro atoms. The maximum absolute atomic E-state index is 5.73. The van der Waals surface area contributed by atoms with E-state index in [1.54, 1.807) is 0 Å². The Morgan fingerprint density at radius 2 is 2.33 bits per heavy atom. The van der Waals surface area contributed by atoms with Gasteiger partial charge in [0.2, 0.25) is 0 Å². The molecule has 2 unspecified atom stereocenters. The van der Waals surface area contributed by atoms with Crippen LogP contribution in [0.5, 0.6) is 0 Å². The highest BCUT2D eigenvalue weighted by Gasteiger charge is 2.18. The van der Waals surface area contributed by atoms with Crippen LogP contribution in [0.1, 0.15) is 13.3 Å². The first-order valence-corrected chi connectivity index (χ1v) is 6.62. The molecule has 1 aliphatic heterocycles. The molecule has 0 radical (unpaired) electrons. The number of likely N-dealkylation sites (N-methyl/N-ethyl adjacent to an activating group) is 2. The summed E-state index contributed by atoms with van der Waals surface area (Å²) in [5, 5.41) is 0. The van der Waals surface area contributed by atoms with Crippen LogP contribution >= 0.6 is 15.9 Å². The van der Waals surface area contributed by atoms with Crippen molar-refractivity contribution in [1.29, 1.82) is 0 Å². The zero-order valence-electron chi connectivity index (χ0n) is 10.1. The van der Waals surface area contributed by atoms with Crippen LogP contribution < -0.4 is 0 Å². The standard InChI is InChI=1S/C11H23BrN2O/c1-10(12)4-5-13(2)8-11-9-14(3)6-7-15-11/h10-11H,4-9H2,1-3H3. The van der Waals surface area contributed by atoms with Gasteiger partial charge in [0.1, 0.15) is 0 Å². The molecule has 0 aromatic rings. The van der Waals surface area contributed by atoms with Gasteiger partial charge in [0.15, 0.2) is 0 Å². The number of hydrogen-bond donors (Lipinski definition) is 0. The fourth-order valence-corrected chi connectivity index (χ4v) is 2.02. The molecule has 1 heterocycles. The van der Waals surface area contributed by atoms with Crippen molar-refractivity contribution in [2.24, 2.45) is 0 Å². The Labute approximate surface area is 102 Å². The molecule has 2 atom stereocenters. The van der Waals surface area contributed by atoms with Gasteiger partial charge in [-0.2, -0.15) is 0 Å². The van der Waals surface area contributed by atoms with Crippen LogP contribution in [0.25, 0.3) is 0 Å². The maximum Gasteiger partial charge on any atom is 0.0829 e. The summed E-state index contributed by atoms with van der Waals surface area (Å²) < 4.78 is 5.73. The summed E-state index contributed by atoms with van der Waals surface area (Å²) in [6.07, 6.45) is 1.58. The van der Waals surface area contributed by atoms with Crippen molar-refractivity contribution < 1.29 is 4.74 Å². The van der Waals surface area contributed by atoms with E-state index in [1.165, 1.54) is 6.42 Å². The van der Waals surface area contributed by atoms with E-state index < -0.39 is 0 Å². The lowest BCUT2D eigenvalue weighted by Crippen LogP contribution is -2.45. The minimum absolute atomic E-state index is 0.388. The normalized spacial score (nSPS) is 25.8. The third kappa shape index (κ3) is 5.85. The topological polar surface area (TPSA) is 15.7 Å². The van der Waals surface area contributed by atoms with Gasteiger partial charge in [0.05, 0.1) is 12.7 Å². The summed E-state index contributed by atoms with van der Waals surface area (Å²) in [7, 11) is 4.34. The molecule has 0 N–H and O–H groups in total. The van der Waals surface area contributed by atoms with Gasteiger partial charge in [-0.1, -0.05) is 22.9 Å². The minimum atomic E-state index is 0.388. The average Bonchev–Trinajstić information content (AvgIpc) is 2.15. The number of ether oxygens (including phenoxy) is 1. The smallest absolute Gasteiger partial charge is 0.0829 e. The monoisotopic (exact) mass is 278 g/mol. The van der Waals surface area contributed by atoms with Crippen LogP contribution in [-0.2, 0) is 4.74 Å². The Morgan fingerprint density at radius 1 is 1.60 bits per heavy atom. The SMILES string of the molecule is CC(Br)CCN(C)CC1CN(C)CCO1. The highest BCUT2D eigenvalue weighted by Crippen LogP contribution is 2.07. The minimum Gasteiger partial charge on any atom is -0.374 e. The van der Waals surface area contributed by atoms with E-state index in [1.807, 2.05) is 0 Å². The van der Waals surface area contributed by atoms with Gasteiger partial charge in [-0.3, -0.25) is 0 Å². The molecule has 0 saturated carbocycles. The van der Waals surface area contributed by atoms with Crippen molar-refractivity contribution in [1.82, 2.24) is 9.80 Å². The lowest BCUT2D eigenvalue weighted by molar-refractivity contribution is -0.0325. The van der Waals surface area contributed by atoms with Crippen molar-refractivity contribution in [3.05, 3.63) is 0 Å². The predicted octanol–water partition coefficient (Wildman–Crippen LogP) is 1.42. The van der Waals surface area contributed by atoms with Crippen molar-refractivity contribution in [3.8, 4) is 0 Å². The fraction of sp³-hybridized carbons (Fsp3) is 1.00. The Hall–Kier alpha value is 0.360. The van der Waals surface area contributed by atoms with Crippen LogP contribution in [0.4, 0.5) is 0 Å². The summed E-state index contributed by atoms with van der Waals surface area (Å²) in [4.78, 5) is 5.31. The summed E-state index contributed by atoms with van der Waals surface area (Å²) in [5.74, 6) is 0. The first-order valence-electron chi connectivity index (χ1n) is 5.70. The van der Waals surface area contributed by atoms with E-state index in [-0.39, 0.29) is 0 Å². The number of nitrogens with zero attached hydrogens (tertiary/aromatic N) is 2. The van der Waals surface area contributed by atoms with Gasteiger partial charge in [-0.15, -0.1) is 0 Å². The lowest BCUT2D eigenvalue weighted by Gasteiger charge is -2.32. The van der Waals surface area contributed by atoms with Gasteiger partial charge < -0.3 is 14.5 Å². The van der Waals surface area contributed by atoms with Gasteiger partial charge >= 0.3 is 0 Å². The third-order valence-electron chi connectivity index (χ3n) is 2.77. The van der Waals surface area contributed by atoms with Gasteiger partial charge in [-0.25, -0.2) is 0 Å². The first-order chi connectivity index (χ1) is 7.08. The van der Waals surface area contributed by atoms with Crippen molar-refractivity contribution in [2.45, 2.75) is 24.3 Å². The molecule has 4 heteroatoms. The number of alkyl halides is 1. The molecule has 90 valence electrons. The largest absolute Gasteiger partial charge is 0.374 e. The van der Waals surface area contributed by atoms with Crippen molar-refractivity contribution in [3.63, 3.8) is 0 Å². The lowest BCUT2D eigenvalue weighted by atomic mass is 10.2. The molecule has 1 aliphatic rings. The van der Waals surface area contributed by atoms with E-state index in [9.17, 15) is 0 Å². The molecular weight excluding hydrogens is 256 g/mol. The summed E-state index contributed by atoms with van der Waals surface area (Å²) in [6.45, 7) is 7.38. The maximum atomic E-state index is 5.73. The molecule has 3 nitrogen and oxygen atoms in total. The molecule has 0 aromatic heterocycles. The van der Waals surface area contributed by atoms with Crippen LogP contribution in [0, 0.1) is 0 Å². The zero-order valence-corrected chi connectivity index (χ0v) is 11.7. The molecule has 1 fully saturated rings. The van der Waals surface area contributed by atoms with E-state index in [0.29, 0.717) is 10.9 Å². The Morgan fingerprint density at radius 3 is 2.93 bits per heavy atom. The van der Waals surface area contributed by atoms with Gasteiger partial charge in [0, 0.05) is 24.5 Å².